The predicted octanol–water partition coefficient (Wildman–Crippen LogP) is 1.10. The predicted molar refractivity (Wildman–Crippen MR) is 96.5 cm³/mol. The maximum Gasteiger partial charge on any atom is 0.226 e. The highest BCUT2D eigenvalue weighted by Crippen LogP contribution is 2.20. The van der Waals surface area contributed by atoms with Gasteiger partial charge in [0.05, 0.1) is 24.5 Å². The molecule has 2 fully saturated rings. The van der Waals surface area contributed by atoms with E-state index in [0.29, 0.717) is 31.9 Å². The van der Waals surface area contributed by atoms with Gasteiger partial charge in [0, 0.05) is 32.2 Å². The molecule has 2 saturated heterocycles. The highest BCUT2D eigenvalue weighted by atomic mass is 32.2. The number of carbonyl (C=O) groups excluding carboxylic acids is 1. The Morgan fingerprint density at radius 2 is 1.92 bits per heavy atom. The summed E-state index contributed by atoms with van der Waals surface area (Å²) < 4.78 is 28.9. The summed E-state index contributed by atoms with van der Waals surface area (Å²) in [5, 5.41) is 0. The molecule has 0 aromatic heterocycles. The van der Waals surface area contributed by atoms with Crippen LogP contribution < -0.4 is 4.74 Å². The Hall–Kier alpha value is -1.60. The van der Waals surface area contributed by atoms with E-state index in [1.165, 1.54) is 0 Å². The topological polar surface area (TPSA) is 66.9 Å². The molecule has 0 radical (unpaired) electrons. The number of nitrogens with zero attached hydrogens (tertiary/aromatic N) is 2. The molecule has 2 aliphatic rings. The zero-order chi connectivity index (χ0) is 17.9. The molecule has 1 aromatic carbocycles. The van der Waals surface area contributed by atoms with Gasteiger partial charge < -0.3 is 9.64 Å². The minimum Gasteiger partial charge on any atom is -0.493 e. The smallest absolute Gasteiger partial charge is 0.226 e. The van der Waals surface area contributed by atoms with Crippen LogP contribution in [0.4, 0.5) is 0 Å². The molecule has 3 rings (SSSR count). The fourth-order valence-electron chi connectivity index (χ4n) is 3.52. The van der Waals surface area contributed by atoms with Crippen LogP contribution in [-0.2, 0) is 14.6 Å². The fraction of sp³-hybridized carbons (Fsp3) is 0.611. The van der Waals surface area contributed by atoms with Gasteiger partial charge in [0.1, 0.15) is 5.75 Å². The SMILES string of the molecule is Cc1ccccc1OCCC(=O)N1CCN([C@@H]2CCS(=O)(=O)C2)CC1. The second-order valence-corrected chi connectivity index (χ2v) is 9.07. The van der Waals surface area contributed by atoms with Crippen LogP contribution in [0.15, 0.2) is 24.3 Å². The summed E-state index contributed by atoms with van der Waals surface area (Å²) in [6, 6.07) is 7.91. The van der Waals surface area contributed by atoms with Gasteiger partial charge in [-0.2, -0.15) is 0 Å². The van der Waals surface area contributed by atoms with Gasteiger partial charge in [0.25, 0.3) is 0 Å². The molecule has 0 spiro atoms. The first kappa shape index (κ1) is 18.2. The molecule has 6 nitrogen and oxygen atoms in total. The normalized spacial score (nSPS) is 23.6. The monoisotopic (exact) mass is 366 g/mol. The second kappa shape index (κ2) is 7.74. The highest BCUT2D eigenvalue weighted by molar-refractivity contribution is 7.91. The van der Waals surface area contributed by atoms with Crippen molar-refractivity contribution in [1.29, 1.82) is 0 Å². The molecule has 1 amide bonds. The number of hydrogen-bond donors (Lipinski definition) is 0. The lowest BCUT2D eigenvalue weighted by Crippen LogP contribution is -2.52. The van der Waals surface area contributed by atoms with Crippen LogP contribution in [0.1, 0.15) is 18.4 Å². The Morgan fingerprint density at radius 3 is 2.56 bits per heavy atom. The molecule has 138 valence electrons. The molecule has 1 aromatic rings. The first-order valence-corrected chi connectivity index (χ1v) is 10.7. The Bertz CT molecular complexity index is 712. The number of carbonyl (C=O) groups is 1. The van der Waals surface area contributed by atoms with E-state index in [-0.39, 0.29) is 17.7 Å². The van der Waals surface area contributed by atoms with Crippen molar-refractivity contribution < 1.29 is 17.9 Å². The van der Waals surface area contributed by atoms with Crippen LogP contribution in [0.3, 0.4) is 0 Å². The van der Waals surface area contributed by atoms with Crippen molar-refractivity contribution in [3.63, 3.8) is 0 Å². The molecule has 0 saturated carbocycles. The number of hydrogen-bond acceptors (Lipinski definition) is 5. The summed E-state index contributed by atoms with van der Waals surface area (Å²) in [5.41, 5.74) is 1.06. The summed E-state index contributed by atoms with van der Waals surface area (Å²) in [5.74, 6) is 1.49. The lowest BCUT2D eigenvalue weighted by molar-refractivity contribution is -0.133. The van der Waals surface area contributed by atoms with E-state index in [0.717, 1.165) is 30.8 Å². The van der Waals surface area contributed by atoms with Crippen LogP contribution in [0.25, 0.3) is 0 Å². The average molecular weight is 366 g/mol. The molecule has 0 unspecified atom stereocenters. The largest absolute Gasteiger partial charge is 0.493 e. The average Bonchev–Trinajstić information content (AvgIpc) is 2.96. The fourth-order valence-corrected chi connectivity index (χ4v) is 5.29. The Morgan fingerprint density at radius 1 is 1.20 bits per heavy atom. The van der Waals surface area contributed by atoms with Gasteiger partial charge in [0.2, 0.25) is 5.91 Å². The highest BCUT2D eigenvalue weighted by Gasteiger charge is 2.34. The van der Waals surface area contributed by atoms with Crippen molar-refractivity contribution >= 4 is 15.7 Å². The molecule has 0 N–H and O–H groups in total. The van der Waals surface area contributed by atoms with Gasteiger partial charge in [-0.05, 0) is 25.0 Å². The number of aryl methyl sites for hydroxylation is 1. The van der Waals surface area contributed by atoms with E-state index in [2.05, 4.69) is 4.90 Å². The summed E-state index contributed by atoms with van der Waals surface area (Å²) in [6.45, 7) is 5.21. The van der Waals surface area contributed by atoms with E-state index in [1.807, 2.05) is 36.1 Å². The number of ether oxygens (including phenoxy) is 1. The van der Waals surface area contributed by atoms with Crippen molar-refractivity contribution in [1.82, 2.24) is 9.80 Å². The van der Waals surface area contributed by atoms with Crippen molar-refractivity contribution in [2.75, 3.05) is 44.3 Å². The number of para-hydroxylation sites is 1. The Labute approximate surface area is 149 Å². The number of piperazine rings is 1. The lowest BCUT2D eigenvalue weighted by atomic mass is 10.2. The number of benzene rings is 1. The molecule has 2 heterocycles. The first-order valence-electron chi connectivity index (χ1n) is 8.85. The third-order valence-electron chi connectivity index (χ3n) is 5.06. The van der Waals surface area contributed by atoms with Gasteiger partial charge in [-0.25, -0.2) is 8.42 Å². The minimum absolute atomic E-state index is 0.104. The van der Waals surface area contributed by atoms with E-state index in [9.17, 15) is 13.2 Å². The van der Waals surface area contributed by atoms with Gasteiger partial charge in [0.15, 0.2) is 9.84 Å². The molecule has 2 aliphatic heterocycles. The standard InChI is InChI=1S/C18H26N2O4S/c1-15-4-2-3-5-17(15)24-12-6-18(21)20-10-8-19(9-11-20)16-7-13-25(22,23)14-16/h2-5,16H,6-14H2,1H3/t16-/m1/s1. The Balaban J connectivity index is 1.40. The van der Waals surface area contributed by atoms with E-state index >= 15 is 0 Å². The summed E-state index contributed by atoms with van der Waals surface area (Å²) >= 11 is 0. The maximum absolute atomic E-state index is 12.3. The molecular formula is C18H26N2O4S. The van der Waals surface area contributed by atoms with Crippen molar-refractivity contribution in [3.05, 3.63) is 29.8 Å². The van der Waals surface area contributed by atoms with Gasteiger partial charge in [-0.1, -0.05) is 18.2 Å². The number of sulfone groups is 1. The van der Waals surface area contributed by atoms with Crippen molar-refractivity contribution in [2.24, 2.45) is 0 Å². The third kappa shape index (κ3) is 4.73. The quantitative estimate of drug-likeness (QED) is 0.781. The van der Waals surface area contributed by atoms with E-state index in [4.69, 9.17) is 4.74 Å². The van der Waals surface area contributed by atoms with E-state index in [1.54, 1.807) is 0 Å². The van der Waals surface area contributed by atoms with Crippen molar-refractivity contribution in [2.45, 2.75) is 25.8 Å². The molecule has 1 atom stereocenters. The molecule has 0 bridgehead atoms. The molecule has 25 heavy (non-hydrogen) atoms. The van der Waals surface area contributed by atoms with Crippen LogP contribution >= 0.6 is 0 Å². The van der Waals surface area contributed by atoms with Gasteiger partial charge in [-0.15, -0.1) is 0 Å². The van der Waals surface area contributed by atoms with Crippen LogP contribution in [0.5, 0.6) is 5.75 Å². The Kier molecular flexibility index (Phi) is 5.64. The van der Waals surface area contributed by atoms with Crippen molar-refractivity contribution in [3.8, 4) is 5.75 Å². The summed E-state index contributed by atoms with van der Waals surface area (Å²) in [4.78, 5) is 16.4. The summed E-state index contributed by atoms with van der Waals surface area (Å²) in [6.07, 6.45) is 1.09. The minimum atomic E-state index is -2.86. The summed E-state index contributed by atoms with van der Waals surface area (Å²) in [7, 11) is -2.86. The molecule has 7 heteroatoms. The van der Waals surface area contributed by atoms with Gasteiger partial charge >= 0.3 is 0 Å². The molecule has 0 aliphatic carbocycles. The van der Waals surface area contributed by atoms with Crippen LogP contribution in [-0.4, -0.2) is 74.5 Å². The maximum atomic E-state index is 12.3. The first-order chi connectivity index (χ1) is 11.9. The zero-order valence-electron chi connectivity index (χ0n) is 14.7. The molecular weight excluding hydrogens is 340 g/mol. The zero-order valence-corrected chi connectivity index (χ0v) is 15.5. The van der Waals surface area contributed by atoms with Gasteiger partial charge in [-0.3, -0.25) is 9.69 Å². The number of amides is 1. The lowest BCUT2D eigenvalue weighted by Gasteiger charge is -2.37. The number of rotatable bonds is 5. The van der Waals surface area contributed by atoms with Crippen LogP contribution in [0, 0.1) is 6.92 Å². The second-order valence-electron chi connectivity index (χ2n) is 6.84. The third-order valence-corrected chi connectivity index (χ3v) is 6.81. The van der Waals surface area contributed by atoms with E-state index < -0.39 is 9.84 Å². The van der Waals surface area contributed by atoms with Crippen LogP contribution in [0.2, 0.25) is 0 Å².